The second-order valence-electron chi connectivity index (χ2n) is 4.72. The molecule has 0 atom stereocenters. The molecule has 0 saturated carbocycles. The van der Waals surface area contributed by atoms with Crippen LogP contribution in [0.3, 0.4) is 0 Å². The zero-order valence-corrected chi connectivity index (χ0v) is 13.6. The van der Waals surface area contributed by atoms with Crippen LogP contribution in [-0.2, 0) is 10.9 Å². The van der Waals surface area contributed by atoms with Crippen molar-refractivity contribution >= 4 is 17.0 Å². The molecule has 0 fully saturated rings. The van der Waals surface area contributed by atoms with Gasteiger partial charge in [-0.05, 0) is 39.3 Å². The van der Waals surface area contributed by atoms with Gasteiger partial charge in [-0.3, -0.25) is 0 Å². The summed E-state index contributed by atoms with van der Waals surface area (Å²) in [5, 5.41) is 0. The van der Waals surface area contributed by atoms with E-state index in [2.05, 4.69) is 26.8 Å². The lowest BCUT2D eigenvalue weighted by molar-refractivity contribution is 0.171. The van der Waals surface area contributed by atoms with Crippen molar-refractivity contribution in [1.82, 2.24) is 4.90 Å². The average molecular weight is 282 g/mol. The molecular weight excluding hydrogens is 258 g/mol. The number of hydrogen-bond donors (Lipinski definition) is 0. The first-order chi connectivity index (χ1) is 8.90. The van der Waals surface area contributed by atoms with Crippen LogP contribution in [0, 0.1) is 13.8 Å². The first-order valence-corrected chi connectivity index (χ1v) is 8.14. The fourth-order valence-corrected chi connectivity index (χ4v) is 3.77. The highest BCUT2D eigenvalue weighted by Crippen LogP contribution is 2.27. The summed E-state index contributed by atoms with van der Waals surface area (Å²) < 4.78 is 5.38. The molecule has 0 spiro atoms. The van der Waals surface area contributed by atoms with Crippen LogP contribution in [0.5, 0.6) is 5.75 Å². The third-order valence-electron chi connectivity index (χ3n) is 3.04. The van der Waals surface area contributed by atoms with Gasteiger partial charge in [0.1, 0.15) is 17.3 Å². The van der Waals surface area contributed by atoms with Gasteiger partial charge in [0.05, 0.1) is 0 Å². The zero-order valence-electron chi connectivity index (χ0n) is 12.7. The fraction of sp³-hybridized carbons (Fsp3) is 0.533. The highest BCUT2D eigenvalue weighted by atomic mass is 32.2. The minimum atomic E-state index is -0.333. The quantitative estimate of drug-likeness (QED) is 0.792. The normalized spacial score (nSPS) is 10.7. The van der Waals surface area contributed by atoms with Gasteiger partial charge in [0.2, 0.25) is 0 Å². The number of amides is 1. The summed E-state index contributed by atoms with van der Waals surface area (Å²) in [4.78, 5) is 14.4. The molecule has 0 aromatic heterocycles. The molecule has 0 N–H and O–H groups in total. The first-order valence-electron chi connectivity index (χ1n) is 6.58. The molecule has 1 rings (SSSR count). The maximum Gasteiger partial charge on any atom is 0.414 e. The summed E-state index contributed by atoms with van der Waals surface area (Å²) in [6.07, 6.45) is -0.333. The molecule has 4 heteroatoms. The predicted molar refractivity (Wildman–Crippen MR) is 82.3 cm³/mol. The van der Waals surface area contributed by atoms with E-state index in [1.54, 1.807) is 14.1 Å². The summed E-state index contributed by atoms with van der Waals surface area (Å²) in [6.45, 7) is 8.53. The highest BCUT2D eigenvalue weighted by Gasteiger charge is 2.22. The zero-order chi connectivity index (χ0) is 14.6. The summed E-state index contributed by atoms with van der Waals surface area (Å²) in [5.74, 6) is 2.98. The highest BCUT2D eigenvalue weighted by molar-refractivity contribution is 7.96. The van der Waals surface area contributed by atoms with Gasteiger partial charge in [0.25, 0.3) is 0 Å². The lowest BCUT2D eigenvalue weighted by Gasteiger charge is -2.14. The van der Waals surface area contributed by atoms with Crippen molar-refractivity contribution in [3.05, 3.63) is 23.3 Å². The van der Waals surface area contributed by atoms with Crippen LogP contribution in [0.15, 0.2) is 17.0 Å². The molecule has 0 aliphatic carbocycles. The number of carbonyl (C=O) groups is 1. The van der Waals surface area contributed by atoms with Gasteiger partial charge in [-0.15, -0.1) is 0 Å². The molecule has 0 bridgehead atoms. The van der Waals surface area contributed by atoms with Crippen LogP contribution in [0.25, 0.3) is 0 Å². The molecule has 0 radical (unpaired) electrons. The number of ether oxygens (including phenoxy) is 1. The Kier molecular flexibility index (Phi) is 5.73. The van der Waals surface area contributed by atoms with Gasteiger partial charge in [0.15, 0.2) is 4.90 Å². The first kappa shape index (κ1) is 15.9. The summed E-state index contributed by atoms with van der Waals surface area (Å²) in [7, 11) is 3.67. The Morgan fingerprint density at radius 1 is 1.16 bits per heavy atom. The molecule has 0 heterocycles. The average Bonchev–Trinajstić information content (AvgIpc) is 2.36. The van der Waals surface area contributed by atoms with Gasteiger partial charge in [-0.1, -0.05) is 0 Å². The van der Waals surface area contributed by atoms with Crippen molar-refractivity contribution in [3.8, 4) is 5.75 Å². The fourth-order valence-electron chi connectivity index (χ4n) is 1.88. The molecule has 0 aliphatic heterocycles. The predicted octanol–water partition coefficient (Wildman–Crippen LogP) is 3.38. The van der Waals surface area contributed by atoms with Crippen LogP contribution in [-0.4, -0.2) is 36.6 Å². The molecule has 106 valence electrons. The van der Waals surface area contributed by atoms with Crippen molar-refractivity contribution in [3.63, 3.8) is 0 Å². The summed E-state index contributed by atoms with van der Waals surface area (Å²) >= 11 is 0. The van der Waals surface area contributed by atoms with Gasteiger partial charge < -0.3 is 9.64 Å². The van der Waals surface area contributed by atoms with E-state index in [0.717, 1.165) is 17.1 Å². The van der Waals surface area contributed by atoms with Crippen LogP contribution in [0.1, 0.15) is 25.0 Å². The number of rotatable bonds is 4. The van der Waals surface area contributed by atoms with Crippen LogP contribution in [0.4, 0.5) is 4.79 Å². The Balaban J connectivity index is 3.06. The molecule has 1 aromatic rings. The van der Waals surface area contributed by atoms with Crippen molar-refractivity contribution < 1.29 is 9.53 Å². The second kappa shape index (κ2) is 6.85. The Morgan fingerprint density at radius 3 is 2.21 bits per heavy atom. The van der Waals surface area contributed by atoms with E-state index in [0.29, 0.717) is 16.6 Å². The third-order valence-corrected chi connectivity index (χ3v) is 5.50. The van der Waals surface area contributed by atoms with Crippen molar-refractivity contribution in [2.45, 2.75) is 32.6 Å². The van der Waals surface area contributed by atoms with E-state index in [1.807, 2.05) is 13.0 Å². The Labute approximate surface area is 119 Å². The van der Waals surface area contributed by atoms with E-state index in [-0.39, 0.29) is 6.09 Å². The SMILES string of the molecule is CC[S+](CC)c1cc(C)c(OC(=O)N(C)C)cc1C. The lowest BCUT2D eigenvalue weighted by atomic mass is 10.1. The van der Waals surface area contributed by atoms with E-state index in [4.69, 9.17) is 4.74 Å². The molecule has 0 aliphatic rings. The standard InChI is InChI=1S/C15H24NO2S/c1-7-19(8-2)14-10-11(3)13(9-12(14)4)18-15(17)16(5)6/h9-10H,7-8H2,1-6H3/q+1. The lowest BCUT2D eigenvalue weighted by Crippen LogP contribution is -2.25. The van der Waals surface area contributed by atoms with Crippen molar-refractivity contribution in [2.75, 3.05) is 25.6 Å². The molecular formula is C15H24NO2S+. The van der Waals surface area contributed by atoms with Crippen LogP contribution in [0.2, 0.25) is 0 Å². The monoisotopic (exact) mass is 282 g/mol. The van der Waals surface area contributed by atoms with E-state index in [1.165, 1.54) is 15.4 Å². The second-order valence-corrected chi connectivity index (χ2v) is 7.30. The maximum atomic E-state index is 11.6. The summed E-state index contributed by atoms with van der Waals surface area (Å²) in [6, 6.07) is 4.15. The van der Waals surface area contributed by atoms with Crippen molar-refractivity contribution in [1.29, 1.82) is 0 Å². The molecule has 1 amide bonds. The van der Waals surface area contributed by atoms with Gasteiger partial charge >= 0.3 is 6.09 Å². The van der Waals surface area contributed by atoms with E-state index < -0.39 is 0 Å². The van der Waals surface area contributed by atoms with Gasteiger partial charge in [0, 0.05) is 36.6 Å². The van der Waals surface area contributed by atoms with Crippen LogP contribution >= 0.6 is 0 Å². The Morgan fingerprint density at radius 2 is 1.74 bits per heavy atom. The third kappa shape index (κ3) is 3.90. The number of hydrogen-bond acceptors (Lipinski definition) is 2. The largest absolute Gasteiger partial charge is 0.414 e. The van der Waals surface area contributed by atoms with E-state index >= 15 is 0 Å². The molecule has 3 nitrogen and oxygen atoms in total. The summed E-state index contributed by atoms with van der Waals surface area (Å²) in [5.41, 5.74) is 2.23. The van der Waals surface area contributed by atoms with Gasteiger partial charge in [-0.2, -0.15) is 0 Å². The number of benzene rings is 1. The Bertz CT molecular complexity index is 454. The van der Waals surface area contributed by atoms with Crippen molar-refractivity contribution in [2.24, 2.45) is 0 Å². The number of carbonyl (C=O) groups excluding carboxylic acids is 1. The number of aryl methyl sites for hydroxylation is 2. The maximum absolute atomic E-state index is 11.6. The molecule has 0 saturated heterocycles. The number of nitrogens with zero attached hydrogens (tertiary/aromatic N) is 1. The molecule has 0 unspecified atom stereocenters. The minimum Gasteiger partial charge on any atom is -0.410 e. The minimum absolute atomic E-state index is 0.296. The van der Waals surface area contributed by atoms with Crippen LogP contribution < -0.4 is 4.74 Å². The smallest absolute Gasteiger partial charge is 0.410 e. The topological polar surface area (TPSA) is 29.5 Å². The van der Waals surface area contributed by atoms with E-state index in [9.17, 15) is 4.79 Å². The Hall–Kier alpha value is -1.16. The molecule has 1 aromatic carbocycles. The van der Waals surface area contributed by atoms with Gasteiger partial charge in [-0.25, -0.2) is 4.79 Å². The molecule has 19 heavy (non-hydrogen) atoms.